The monoisotopic (exact) mass is 427 g/mol. The maximum Gasteiger partial charge on any atom is 0.180 e. The van der Waals surface area contributed by atoms with Gasteiger partial charge in [-0.2, -0.15) is 36.8 Å². The summed E-state index contributed by atoms with van der Waals surface area (Å²) >= 11 is 0. The first-order chi connectivity index (χ1) is 15.3. The average Bonchev–Trinajstić information content (AvgIpc) is 2.81. The van der Waals surface area contributed by atoms with Crippen molar-refractivity contribution >= 4 is 11.1 Å². The molecular formula is C21HF4N7. The normalized spacial score (nSPS) is 10.2. The van der Waals surface area contributed by atoms with Crippen molar-refractivity contribution in [2.24, 2.45) is 0 Å². The molecule has 0 saturated carbocycles. The van der Waals surface area contributed by atoms with Gasteiger partial charge in [-0.15, -0.1) is 0 Å². The van der Waals surface area contributed by atoms with E-state index in [-0.39, 0.29) is 0 Å². The molecule has 0 aliphatic rings. The highest BCUT2D eigenvalue weighted by molar-refractivity contribution is 5.82. The number of nitrogens with zero attached hydrogens (tertiary/aromatic N) is 7. The van der Waals surface area contributed by atoms with E-state index in [2.05, 4.69) is 0 Å². The molecule has 0 unspecified atom stereocenters. The lowest BCUT2D eigenvalue weighted by Crippen LogP contribution is -2.26. The molecule has 0 aromatic heterocycles. The second-order valence-corrected chi connectivity index (χ2v) is 5.64. The number of benzene rings is 2. The van der Waals surface area contributed by atoms with Crippen molar-refractivity contribution in [2.75, 3.05) is 0 Å². The van der Waals surface area contributed by atoms with Gasteiger partial charge in [0.15, 0.2) is 23.3 Å². The average molecular weight is 427 g/mol. The summed E-state index contributed by atoms with van der Waals surface area (Å²) in [6, 6.07) is 10.3. The molecule has 0 bridgehead atoms. The molecule has 7 nitrogen and oxygen atoms in total. The van der Waals surface area contributed by atoms with Crippen molar-refractivity contribution in [1.29, 1.82) is 36.8 Å². The molecule has 2 aromatic carbocycles. The van der Waals surface area contributed by atoms with E-state index in [4.69, 9.17) is 15.8 Å². The smallest absolute Gasteiger partial charge is 0.180 e. The molecule has 0 fully saturated rings. The third-order valence-corrected chi connectivity index (χ3v) is 4.15. The third kappa shape index (κ3) is 3.20. The van der Waals surface area contributed by atoms with E-state index < -0.39 is 72.7 Å². The summed E-state index contributed by atoms with van der Waals surface area (Å²) in [6.07, 6.45) is 0. The molecule has 0 heterocycles. The number of rotatable bonds is 1. The highest BCUT2D eigenvalue weighted by atomic mass is 19.2. The van der Waals surface area contributed by atoms with Crippen LogP contribution in [0.5, 0.6) is 0 Å². The van der Waals surface area contributed by atoms with Crippen molar-refractivity contribution < 1.29 is 17.6 Å². The van der Waals surface area contributed by atoms with Gasteiger partial charge in [-0.1, -0.05) is 0 Å². The molecule has 0 atom stereocenters. The number of hydrogen-bond acceptors (Lipinski definition) is 7. The van der Waals surface area contributed by atoms with Gasteiger partial charge >= 0.3 is 0 Å². The fourth-order valence-electron chi connectivity index (χ4n) is 2.79. The zero-order chi connectivity index (χ0) is 24.2. The third-order valence-electron chi connectivity index (χ3n) is 4.15. The predicted octanol–water partition coefficient (Wildman–Crippen LogP) is 1.65. The molecule has 2 rings (SSSR count). The Balaban J connectivity index is 3.45. The standard InChI is InChI=1S/C21HF4N7/c22-18-15(8-32)19(23)21(25)17(20(18)24)14(7-31)16-9(2-26)1-11(10(3-27)4-28)12(5-29)13(16)6-30/h1H/b16-14-. The lowest BCUT2D eigenvalue weighted by molar-refractivity contribution is 0.447. The van der Waals surface area contributed by atoms with Crippen molar-refractivity contribution in [3.63, 3.8) is 0 Å². The van der Waals surface area contributed by atoms with Crippen LogP contribution < -0.4 is 10.4 Å². The highest BCUT2D eigenvalue weighted by Crippen LogP contribution is 2.28. The van der Waals surface area contributed by atoms with Crippen molar-refractivity contribution in [3.05, 3.63) is 67.6 Å². The quantitative estimate of drug-likeness (QED) is 0.492. The minimum absolute atomic E-state index is 0.468. The van der Waals surface area contributed by atoms with Crippen LogP contribution in [-0.2, 0) is 0 Å². The first kappa shape index (κ1) is 22.6. The zero-order valence-electron chi connectivity index (χ0n) is 15.2. The summed E-state index contributed by atoms with van der Waals surface area (Å²) in [6.45, 7) is 0. The van der Waals surface area contributed by atoms with Crippen LogP contribution in [0.25, 0.3) is 11.1 Å². The summed E-state index contributed by atoms with van der Waals surface area (Å²) in [4.78, 5) is 0. The molecule has 148 valence electrons. The minimum Gasteiger partial charge on any atom is -0.203 e. The van der Waals surface area contributed by atoms with Crippen LogP contribution in [-0.4, -0.2) is 0 Å². The summed E-state index contributed by atoms with van der Waals surface area (Å²) in [5.74, 6) is -8.52. The molecule has 32 heavy (non-hydrogen) atoms. The fraction of sp³-hybridized carbons (Fsp3) is 0. The maximum absolute atomic E-state index is 14.6. The molecule has 0 amide bonds. The Labute approximate surface area is 176 Å². The van der Waals surface area contributed by atoms with Gasteiger partial charge in [0.05, 0.1) is 33.9 Å². The van der Waals surface area contributed by atoms with E-state index in [0.717, 1.165) is 12.1 Å². The van der Waals surface area contributed by atoms with E-state index in [9.17, 15) is 38.6 Å². The topological polar surface area (TPSA) is 167 Å². The van der Waals surface area contributed by atoms with Crippen LogP contribution in [0.1, 0.15) is 27.8 Å². The molecule has 0 aliphatic carbocycles. The lowest BCUT2D eigenvalue weighted by Gasteiger charge is -2.10. The molecule has 0 spiro atoms. The first-order valence-corrected chi connectivity index (χ1v) is 7.90. The molecule has 0 radical (unpaired) electrons. The Kier molecular flexibility index (Phi) is 6.20. The van der Waals surface area contributed by atoms with Crippen molar-refractivity contribution in [3.8, 4) is 42.5 Å². The van der Waals surface area contributed by atoms with Gasteiger partial charge in [-0.3, -0.25) is 0 Å². The van der Waals surface area contributed by atoms with Crippen LogP contribution in [0, 0.1) is 103 Å². The number of nitriles is 7. The Hall–Kier alpha value is -5.67. The fourth-order valence-corrected chi connectivity index (χ4v) is 2.79. The molecule has 0 aliphatic heterocycles. The Morgan fingerprint density at radius 1 is 0.594 bits per heavy atom. The SMILES string of the molecule is N#CC(C#N)=c1cc(C#N)/c(=C(\C#N)c2c(F)c(F)c(C#N)c(F)c2F)c(C#N)c1C#N. The van der Waals surface area contributed by atoms with E-state index in [1.54, 1.807) is 0 Å². The van der Waals surface area contributed by atoms with Gasteiger partial charge < -0.3 is 0 Å². The second kappa shape index (κ2) is 8.78. The number of halogens is 4. The van der Waals surface area contributed by atoms with E-state index >= 15 is 0 Å². The van der Waals surface area contributed by atoms with Gasteiger partial charge in [-0.25, -0.2) is 17.6 Å². The van der Waals surface area contributed by atoms with Gasteiger partial charge in [0.25, 0.3) is 0 Å². The van der Waals surface area contributed by atoms with E-state index in [0.29, 0.717) is 0 Å². The van der Waals surface area contributed by atoms with Crippen molar-refractivity contribution in [2.45, 2.75) is 0 Å². The summed E-state index contributed by atoms with van der Waals surface area (Å²) < 4.78 is 57.3. The van der Waals surface area contributed by atoms with Crippen LogP contribution in [0.2, 0.25) is 0 Å². The molecule has 11 heteroatoms. The predicted molar refractivity (Wildman–Crippen MR) is 93.6 cm³/mol. The van der Waals surface area contributed by atoms with Crippen LogP contribution in [0.4, 0.5) is 17.6 Å². The Bertz CT molecular complexity index is 1590. The van der Waals surface area contributed by atoms with Gasteiger partial charge in [-0.05, 0) is 6.07 Å². The highest BCUT2D eigenvalue weighted by Gasteiger charge is 2.29. The van der Waals surface area contributed by atoms with Crippen LogP contribution in [0.3, 0.4) is 0 Å². The molecule has 0 N–H and O–H groups in total. The summed E-state index contributed by atoms with van der Waals surface area (Å²) in [5, 5.41) is 63.5. The molecule has 0 saturated heterocycles. The zero-order valence-corrected chi connectivity index (χ0v) is 15.2. The van der Waals surface area contributed by atoms with E-state index in [1.165, 1.54) is 36.4 Å². The minimum atomic E-state index is -2.14. The molecule has 2 aromatic rings. The molecular weight excluding hydrogens is 426 g/mol. The summed E-state index contributed by atoms with van der Waals surface area (Å²) in [7, 11) is 0. The van der Waals surface area contributed by atoms with Crippen molar-refractivity contribution in [1.82, 2.24) is 0 Å². The first-order valence-electron chi connectivity index (χ1n) is 7.90. The van der Waals surface area contributed by atoms with Gasteiger partial charge in [0.2, 0.25) is 0 Å². The number of hydrogen-bond donors (Lipinski definition) is 0. The Morgan fingerprint density at radius 2 is 1.09 bits per heavy atom. The maximum atomic E-state index is 14.6. The van der Waals surface area contributed by atoms with Gasteiger partial charge in [0.1, 0.15) is 47.6 Å². The summed E-state index contributed by atoms with van der Waals surface area (Å²) in [5.41, 5.74) is -7.36. The lowest BCUT2D eigenvalue weighted by atomic mass is 9.91. The van der Waals surface area contributed by atoms with Crippen LogP contribution in [0.15, 0.2) is 6.07 Å². The second-order valence-electron chi connectivity index (χ2n) is 5.64. The van der Waals surface area contributed by atoms with E-state index in [1.807, 2.05) is 0 Å². The van der Waals surface area contributed by atoms with Gasteiger partial charge in [0, 0.05) is 10.4 Å². The Morgan fingerprint density at radius 3 is 1.47 bits per heavy atom. The largest absolute Gasteiger partial charge is 0.203 e. The van der Waals surface area contributed by atoms with Crippen LogP contribution >= 0.6 is 0 Å².